The van der Waals surface area contributed by atoms with Crippen molar-refractivity contribution in [1.29, 1.82) is 5.26 Å². The number of Topliss-reactive ketones (excluding diaryl/α,β-unsaturated/α-hetero) is 1. The highest BCUT2D eigenvalue weighted by Gasteiger charge is 2.66. The zero-order valence-electron chi connectivity index (χ0n) is 18.9. The molecule has 2 heterocycles. The molecule has 1 aromatic carbocycles. The molecule has 0 unspecified atom stereocenters. The monoisotopic (exact) mass is 455 g/mol. The second-order valence-corrected chi connectivity index (χ2v) is 7.65. The second kappa shape index (κ2) is 8.86. The zero-order chi connectivity index (χ0) is 24.5. The molecule has 2 aliphatic heterocycles. The Morgan fingerprint density at radius 3 is 2.12 bits per heavy atom. The molecule has 1 aromatic rings. The number of nitrogens with two attached hydrogens (primary N) is 1. The Morgan fingerprint density at radius 1 is 1.09 bits per heavy atom. The number of hydrogen-bond donors (Lipinski definition) is 1. The number of fused-ring (bicyclic) bond motifs is 1. The van der Waals surface area contributed by atoms with E-state index in [0.29, 0.717) is 16.9 Å². The molecular weight excluding hydrogens is 430 g/mol. The third-order valence-electron chi connectivity index (χ3n) is 6.11. The Kier molecular flexibility index (Phi) is 6.35. The summed E-state index contributed by atoms with van der Waals surface area (Å²) >= 11 is 0. The van der Waals surface area contributed by atoms with E-state index in [1.165, 1.54) is 52.5 Å². The van der Waals surface area contributed by atoms with Crippen LogP contribution >= 0.6 is 0 Å². The van der Waals surface area contributed by atoms with Gasteiger partial charge in [0.15, 0.2) is 22.7 Å². The van der Waals surface area contributed by atoms with Gasteiger partial charge in [-0.25, -0.2) is 0 Å². The van der Waals surface area contributed by atoms with E-state index >= 15 is 0 Å². The number of benzene rings is 1. The molecule has 0 bridgehead atoms. The highest BCUT2D eigenvalue weighted by molar-refractivity contribution is 5.97. The van der Waals surface area contributed by atoms with Crippen LogP contribution in [0.1, 0.15) is 18.4 Å². The Morgan fingerprint density at radius 2 is 1.70 bits per heavy atom. The van der Waals surface area contributed by atoms with Crippen LogP contribution in [0, 0.1) is 16.7 Å². The molecule has 10 nitrogen and oxygen atoms in total. The number of primary amides is 1. The first-order chi connectivity index (χ1) is 15.7. The summed E-state index contributed by atoms with van der Waals surface area (Å²) in [5, 5.41) is 10.4. The van der Waals surface area contributed by atoms with E-state index in [9.17, 15) is 19.6 Å². The fourth-order valence-electron chi connectivity index (χ4n) is 4.67. The van der Waals surface area contributed by atoms with Crippen LogP contribution in [-0.2, 0) is 19.1 Å². The largest absolute Gasteiger partial charge is 0.493 e. The van der Waals surface area contributed by atoms with E-state index in [-0.39, 0.29) is 17.3 Å². The molecule has 0 aromatic heterocycles. The average Bonchev–Trinajstić information content (AvgIpc) is 3.13. The smallest absolute Gasteiger partial charge is 0.329 e. The Balaban J connectivity index is 2.37. The first-order valence-corrected chi connectivity index (χ1v) is 9.99. The molecule has 0 saturated carbocycles. The van der Waals surface area contributed by atoms with Gasteiger partial charge in [0.05, 0.1) is 40.6 Å². The van der Waals surface area contributed by atoms with Crippen LogP contribution in [0.25, 0.3) is 0 Å². The van der Waals surface area contributed by atoms with Gasteiger partial charge in [-0.3, -0.25) is 14.4 Å². The van der Waals surface area contributed by atoms with Crippen LogP contribution in [0.15, 0.2) is 36.1 Å². The van der Waals surface area contributed by atoms with Gasteiger partial charge in [-0.2, -0.15) is 5.26 Å². The zero-order valence-corrected chi connectivity index (χ0v) is 18.9. The van der Waals surface area contributed by atoms with E-state index in [2.05, 4.69) is 6.07 Å². The topological polar surface area (TPSA) is 141 Å². The minimum atomic E-state index is -1.87. The second-order valence-electron chi connectivity index (χ2n) is 7.65. The minimum Gasteiger partial charge on any atom is -0.493 e. The summed E-state index contributed by atoms with van der Waals surface area (Å²) in [6, 6.07) is 3.16. The molecule has 1 saturated heterocycles. The Hall–Kier alpha value is -4.00. The van der Waals surface area contributed by atoms with Gasteiger partial charge in [0.1, 0.15) is 6.04 Å². The molecule has 2 N–H and O–H groups in total. The first kappa shape index (κ1) is 23.7. The molecule has 0 aliphatic carbocycles. The number of ketones is 1. The lowest BCUT2D eigenvalue weighted by molar-refractivity contribution is -0.150. The van der Waals surface area contributed by atoms with E-state index in [1.807, 2.05) is 0 Å². The van der Waals surface area contributed by atoms with Gasteiger partial charge in [-0.05, 0) is 24.6 Å². The van der Waals surface area contributed by atoms with Crippen molar-refractivity contribution in [2.75, 3.05) is 28.4 Å². The van der Waals surface area contributed by atoms with Gasteiger partial charge >= 0.3 is 5.97 Å². The third-order valence-corrected chi connectivity index (χ3v) is 6.11. The summed E-state index contributed by atoms with van der Waals surface area (Å²) < 4.78 is 21.3. The van der Waals surface area contributed by atoms with E-state index in [0.717, 1.165) is 0 Å². The molecule has 0 spiro atoms. The Bertz CT molecular complexity index is 1080. The van der Waals surface area contributed by atoms with Crippen molar-refractivity contribution >= 4 is 17.7 Å². The SMILES string of the molecule is COC(=O)[C@]1(C#N)[C@H](c2cc(OC)c(OC)c(OC)c2)[C@@H](C(N)=O)N2C=C(C(C)=O)C=C[C@H]21. The summed E-state index contributed by atoms with van der Waals surface area (Å²) in [4.78, 5) is 39.4. The highest BCUT2D eigenvalue weighted by atomic mass is 16.5. The number of rotatable bonds is 7. The Labute approximate surface area is 191 Å². The fraction of sp³-hybridized carbons (Fsp3) is 0.391. The molecule has 0 radical (unpaired) electrons. The maximum absolute atomic E-state index is 13.2. The van der Waals surface area contributed by atoms with Crippen LogP contribution in [-0.4, -0.2) is 63.1 Å². The van der Waals surface area contributed by atoms with Gasteiger partial charge in [0.2, 0.25) is 11.7 Å². The molecule has 3 rings (SSSR count). The molecule has 1 fully saturated rings. The predicted molar refractivity (Wildman–Crippen MR) is 115 cm³/mol. The summed E-state index contributed by atoms with van der Waals surface area (Å²) in [6.07, 6.45) is 4.52. The third kappa shape index (κ3) is 3.46. The quantitative estimate of drug-likeness (QED) is 0.597. The number of carbonyl (C=O) groups excluding carboxylic acids is 3. The number of allylic oxidation sites excluding steroid dienone is 2. The number of esters is 1. The van der Waals surface area contributed by atoms with Crippen LogP contribution in [0.3, 0.4) is 0 Å². The normalized spacial score (nSPS) is 25.4. The van der Waals surface area contributed by atoms with Gasteiger partial charge in [-0.1, -0.05) is 12.2 Å². The van der Waals surface area contributed by atoms with Crippen LogP contribution in [0.2, 0.25) is 0 Å². The summed E-state index contributed by atoms with van der Waals surface area (Å²) in [5.74, 6) is -2.11. The number of ether oxygens (including phenoxy) is 4. The van der Waals surface area contributed by atoms with Crippen molar-refractivity contribution in [3.8, 4) is 23.3 Å². The van der Waals surface area contributed by atoms with Crippen LogP contribution in [0.5, 0.6) is 17.2 Å². The minimum absolute atomic E-state index is 0.246. The lowest BCUT2D eigenvalue weighted by Gasteiger charge is -2.32. The number of amides is 1. The van der Waals surface area contributed by atoms with Crippen LogP contribution in [0.4, 0.5) is 0 Å². The van der Waals surface area contributed by atoms with Crippen molar-refractivity contribution in [3.05, 3.63) is 41.6 Å². The molecule has 10 heteroatoms. The lowest BCUT2D eigenvalue weighted by atomic mass is 9.68. The van der Waals surface area contributed by atoms with Gasteiger partial charge in [-0.15, -0.1) is 0 Å². The van der Waals surface area contributed by atoms with E-state index in [1.54, 1.807) is 18.2 Å². The molecule has 4 atom stereocenters. The number of methoxy groups -OCH3 is 4. The van der Waals surface area contributed by atoms with E-state index in [4.69, 9.17) is 24.7 Å². The molecule has 1 amide bonds. The number of carbonyl (C=O) groups is 3. The first-order valence-electron chi connectivity index (χ1n) is 9.99. The predicted octanol–water partition coefficient (Wildman–Crippen LogP) is 1.06. The van der Waals surface area contributed by atoms with Gasteiger partial charge < -0.3 is 29.6 Å². The summed E-state index contributed by atoms with van der Waals surface area (Å²) in [6.45, 7) is 1.38. The van der Waals surface area contributed by atoms with E-state index < -0.39 is 35.3 Å². The number of hydrogen-bond acceptors (Lipinski definition) is 9. The van der Waals surface area contributed by atoms with Crippen molar-refractivity contribution in [1.82, 2.24) is 4.90 Å². The lowest BCUT2D eigenvalue weighted by Crippen LogP contribution is -2.45. The number of nitriles is 1. The summed E-state index contributed by atoms with van der Waals surface area (Å²) in [7, 11) is 5.45. The van der Waals surface area contributed by atoms with Crippen LogP contribution < -0.4 is 19.9 Å². The number of nitrogens with zero attached hydrogens (tertiary/aromatic N) is 2. The van der Waals surface area contributed by atoms with Crippen molar-refractivity contribution in [2.24, 2.45) is 11.1 Å². The van der Waals surface area contributed by atoms with Crippen molar-refractivity contribution < 1.29 is 33.3 Å². The van der Waals surface area contributed by atoms with Crippen molar-refractivity contribution in [3.63, 3.8) is 0 Å². The van der Waals surface area contributed by atoms with Gasteiger partial charge in [0, 0.05) is 17.7 Å². The highest BCUT2D eigenvalue weighted by Crippen LogP contribution is 2.55. The average molecular weight is 455 g/mol. The standard InChI is InChI=1S/C23H25N3O7/c1-12(27)13-6-7-17-23(11-24,22(29)33-5)18(19(21(25)28)26(17)10-13)14-8-15(30-2)20(32-4)16(9-14)31-3/h6-10,17-19H,1-5H3,(H2,25,28)/t17-,18+,19-,23-/m0/s1. The van der Waals surface area contributed by atoms with Crippen molar-refractivity contribution in [2.45, 2.75) is 24.9 Å². The maximum Gasteiger partial charge on any atom is 0.329 e. The molecule has 174 valence electrons. The maximum atomic E-state index is 13.2. The molecular formula is C23H25N3O7. The fourth-order valence-corrected chi connectivity index (χ4v) is 4.67. The molecule has 33 heavy (non-hydrogen) atoms. The summed E-state index contributed by atoms with van der Waals surface area (Å²) in [5.41, 5.74) is 4.62. The molecule has 2 aliphatic rings. The van der Waals surface area contributed by atoms with Gasteiger partial charge in [0.25, 0.3) is 0 Å².